The van der Waals surface area contributed by atoms with Crippen LogP contribution in [-0.4, -0.2) is 18.3 Å². The maximum Gasteiger partial charge on any atom is 0.122 e. The van der Waals surface area contributed by atoms with Gasteiger partial charge in [0, 0.05) is 12.5 Å². The third kappa shape index (κ3) is 3.56. The Morgan fingerprint density at radius 2 is 1.87 bits per heavy atom. The summed E-state index contributed by atoms with van der Waals surface area (Å²) in [4.78, 5) is 0. The highest BCUT2D eigenvalue weighted by atomic mass is 16.5. The molecule has 1 atom stereocenters. The standard InChI is InChI=1S/C13H20O2/c1-10(2)12-6-4-5-7-13(12)15-9-11(3)8-14/h4-7,10-11,14H,8-9H2,1-3H3. The van der Waals surface area contributed by atoms with Gasteiger partial charge in [0.15, 0.2) is 0 Å². The minimum atomic E-state index is 0.170. The molecular weight excluding hydrogens is 188 g/mol. The second kappa shape index (κ2) is 5.76. The van der Waals surface area contributed by atoms with Gasteiger partial charge >= 0.3 is 0 Å². The molecule has 0 saturated heterocycles. The third-order valence-corrected chi connectivity index (χ3v) is 2.38. The van der Waals surface area contributed by atoms with Gasteiger partial charge in [0.25, 0.3) is 0 Å². The lowest BCUT2D eigenvalue weighted by molar-refractivity contribution is 0.173. The number of para-hydroxylation sites is 1. The van der Waals surface area contributed by atoms with Gasteiger partial charge in [0.1, 0.15) is 5.75 Å². The fraction of sp³-hybridized carbons (Fsp3) is 0.538. The van der Waals surface area contributed by atoms with Crippen molar-refractivity contribution in [2.75, 3.05) is 13.2 Å². The molecule has 0 amide bonds. The molecule has 0 fully saturated rings. The van der Waals surface area contributed by atoms with E-state index in [1.165, 1.54) is 5.56 Å². The van der Waals surface area contributed by atoms with E-state index in [1.807, 2.05) is 25.1 Å². The molecule has 15 heavy (non-hydrogen) atoms. The highest BCUT2D eigenvalue weighted by Gasteiger charge is 2.08. The number of hydrogen-bond donors (Lipinski definition) is 1. The van der Waals surface area contributed by atoms with Crippen LogP contribution in [-0.2, 0) is 0 Å². The zero-order valence-corrected chi connectivity index (χ0v) is 9.73. The molecule has 0 aliphatic carbocycles. The molecule has 1 unspecified atom stereocenters. The Kier molecular flexibility index (Phi) is 4.63. The van der Waals surface area contributed by atoms with E-state index in [4.69, 9.17) is 9.84 Å². The summed E-state index contributed by atoms with van der Waals surface area (Å²) in [6.45, 7) is 7.01. The van der Waals surface area contributed by atoms with E-state index < -0.39 is 0 Å². The molecule has 0 aromatic heterocycles. The van der Waals surface area contributed by atoms with Gasteiger partial charge < -0.3 is 9.84 Å². The van der Waals surface area contributed by atoms with Crippen LogP contribution in [0.3, 0.4) is 0 Å². The van der Waals surface area contributed by atoms with Gasteiger partial charge in [-0.25, -0.2) is 0 Å². The first kappa shape index (κ1) is 12.1. The highest BCUT2D eigenvalue weighted by molar-refractivity contribution is 5.35. The summed E-state index contributed by atoms with van der Waals surface area (Å²) in [5, 5.41) is 8.91. The van der Waals surface area contributed by atoms with Crippen molar-refractivity contribution in [1.82, 2.24) is 0 Å². The lowest BCUT2D eigenvalue weighted by Gasteiger charge is -2.15. The molecule has 0 aliphatic rings. The molecule has 1 rings (SSSR count). The van der Waals surface area contributed by atoms with Crippen LogP contribution in [0.15, 0.2) is 24.3 Å². The maximum atomic E-state index is 8.91. The van der Waals surface area contributed by atoms with Crippen molar-refractivity contribution in [2.24, 2.45) is 5.92 Å². The van der Waals surface area contributed by atoms with Crippen molar-refractivity contribution in [3.8, 4) is 5.75 Å². The summed E-state index contributed by atoms with van der Waals surface area (Å²) in [7, 11) is 0. The van der Waals surface area contributed by atoms with Gasteiger partial charge in [-0.1, -0.05) is 39.0 Å². The molecule has 1 aromatic rings. The van der Waals surface area contributed by atoms with Crippen molar-refractivity contribution in [1.29, 1.82) is 0 Å². The quantitative estimate of drug-likeness (QED) is 0.806. The molecular formula is C13H20O2. The molecule has 0 spiro atoms. The Balaban J connectivity index is 2.67. The molecule has 0 radical (unpaired) electrons. The van der Waals surface area contributed by atoms with Crippen LogP contribution in [0.25, 0.3) is 0 Å². The van der Waals surface area contributed by atoms with Crippen molar-refractivity contribution >= 4 is 0 Å². The summed E-state index contributed by atoms with van der Waals surface area (Å²) in [6.07, 6.45) is 0. The van der Waals surface area contributed by atoms with Crippen molar-refractivity contribution in [3.63, 3.8) is 0 Å². The van der Waals surface area contributed by atoms with Gasteiger partial charge in [0.05, 0.1) is 6.61 Å². The van der Waals surface area contributed by atoms with Crippen molar-refractivity contribution in [2.45, 2.75) is 26.7 Å². The molecule has 2 nitrogen and oxygen atoms in total. The minimum absolute atomic E-state index is 0.170. The lowest BCUT2D eigenvalue weighted by atomic mass is 10.0. The van der Waals surface area contributed by atoms with E-state index in [0.717, 1.165) is 5.75 Å². The van der Waals surface area contributed by atoms with Crippen LogP contribution in [0.1, 0.15) is 32.3 Å². The summed E-state index contributed by atoms with van der Waals surface area (Å²) >= 11 is 0. The van der Waals surface area contributed by atoms with Crippen molar-refractivity contribution in [3.05, 3.63) is 29.8 Å². The zero-order valence-electron chi connectivity index (χ0n) is 9.73. The molecule has 2 heteroatoms. The Hall–Kier alpha value is -1.02. The molecule has 0 aliphatic heterocycles. The van der Waals surface area contributed by atoms with Crippen LogP contribution in [0.5, 0.6) is 5.75 Å². The van der Waals surface area contributed by atoms with E-state index in [0.29, 0.717) is 12.5 Å². The van der Waals surface area contributed by atoms with Gasteiger partial charge in [-0.15, -0.1) is 0 Å². The zero-order chi connectivity index (χ0) is 11.3. The summed E-state index contributed by atoms with van der Waals surface area (Å²) in [5.41, 5.74) is 1.22. The molecule has 1 N–H and O–H groups in total. The first-order valence-corrected chi connectivity index (χ1v) is 5.47. The van der Waals surface area contributed by atoms with Crippen LogP contribution in [0.2, 0.25) is 0 Å². The van der Waals surface area contributed by atoms with Crippen LogP contribution in [0.4, 0.5) is 0 Å². The fourth-order valence-electron chi connectivity index (χ4n) is 1.37. The SMILES string of the molecule is CC(CO)COc1ccccc1C(C)C. The second-order valence-electron chi connectivity index (χ2n) is 4.29. The predicted molar refractivity (Wildman–Crippen MR) is 62.3 cm³/mol. The van der Waals surface area contributed by atoms with E-state index in [9.17, 15) is 0 Å². The number of aliphatic hydroxyl groups excluding tert-OH is 1. The Morgan fingerprint density at radius 3 is 2.47 bits per heavy atom. The topological polar surface area (TPSA) is 29.5 Å². The second-order valence-corrected chi connectivity index (χ2v) is 4.29. The average Bonchev–Trinajstić information content (AvgIpc) is 2.26. The van der Waals surface area contributed by atoms with Gasteiger partial charge in [0.2, 0.25) is 0 Å². The van der Waals surface area contributed by atoms with Gasteiger partial charge in [-0.05, 0) is 17.5 Å². The van der Waals surface area contributed by atoms with Gasteiger partial charge in [-0.2, -0.15) is 0 Å². The lowest BCUT2D eigenvalue weighted by Crippen LogP contribution is -2.13. The Morgan fingerprint density at radius 1 is 1.20 bits per heavy atom. The van der Waals surface area contributed by atoms with E-state index in [2.05, 4.69) is 19.9 Å². The van der Waals surface area contributed by atoms with Gasteiger partial charge in [-0.3, -0.25) is 0 Å². The summed E-state index contributed by atoms with van der Waals surface area (Å²) in [6, 6.07) is 8.07. The van der Waals surface area contributed by atoms with Crippen LogP contribution in [0, 0.1) is 5.92 Å². The highest BCUT2D eigenvalue weighted by Crippen LogP contribution is 2.26. The fourth-order valence-corrected chi connectivity index (χ4v) is 1.37. The largest absolute Gasteiger partial charge is 0.493 e. The molecule has 0 bridgehead atoms. The van der Waals surface area contributed by atoms with Crippen molar-refractivity contribution < 1.29 is 9.84 Å². The normalized spacial score (nSPS) is 12.9. The molecule has 1 aromatic carbocycles. The monoisotopic (exact) mass is 208 g/mol. The molecule has 0 heterocycles. The number of hydrogen-bond acceptors (Lipinski definition) is 2. The minimum Gasteiger partial charge on any atom is -0.493 e. The number of aliphatic hydroxyl groups is 1. The maximum absolute atomic E-state index is 8.91. The smallest absolute Gasteiger partial charge is 0.122 e. The van der Waals surface area contributed by atoms with E-state index >= 15 is 0 Å². The summed E-state index contributed by atoms with van der Waals surface area (Å²) in [5.74, 6) is 1.59. The average molecular weight is 208 g/mol. The number of ether oxygens (including phenoxy) is 1. The van der Waals surface area contributed by atoms with E-state index in [-0.39, 0.29) is 12.5 Å². The predicted octanol–water partition coefficient (Wildman–Crippen LogP) is 2.82. The Labute approximate surface area is 91.9 Å². The first-order chi connectivity index (χ1) is 7.15. The molecule has 0 saturated carbocycles. The Bertz CT molecular complexity index is 294. The van der Waals surface area contributed by atoms with Crippen LogP contribution >= 0.6 is 0 Å². The van der Waals surface area contributed by atoms with Crippen LogP contribution < -0.4 is 4.74 Å². The number of benzene rings is 1. The first-order valence-electron chi connectivity index (χ1n) is 5.47. The summed E-state index contributed by atoms with van der Waals surface area (Å²) < 4.78 is 5.69. The molecule has 84 valence electrons. The van der Waals surface area contributed by atoms with E-state index in [1.54, 1.807) is 0 Å². The third-order valence-electron chi connectivity index (χ3n) is 2.38. The number of rotatable bonds is 5.